The molecule has 0 heterocycles. The monoisotopic (exact) mass is 356 g/mol. The highest BCUT2D eigenvalue weighted by Crippen LogP contribution is 2.37. The molecule has 0 N–H and O–H groups in total. The first-order valence-electron chi connectivity index (χ1n) is 6.23. The van der Waals surface area contributed by atoms with Gasteiger partial charge in [-0.2, -0.15) is 0 Å². The summed E-state index contributed by atoms with van der Waals surface area (Å²) in [5.74, 6) is 1.01. The number of benzene rings is 1. The number of halogens is 4. The van der Waals surface area contributed by atoms with Gasteiger partial charge in [0.15, 0.2) is 5.75 Å². The van der Waals surface area contributed by atoms with Crippen LogP contribution in [0.1, 0.15) is 26.7 Å². The second kappa shape index (κ2) is 8.89. The number of hydrogen-bond acceptors (Lipinski definition) is 2. The van der Waals surface area contributed by atoms with E-state index in [4.69, 9.17) is 55.9 Å². The Morgan fingerprint density at radius 2 is 1.85 bits per heavy atom. The van der Waals surface area contributed by atoms with Crippen molar-refractivity contribution < 1.29 is 9.47 Å². The van der Waals surface area contributed by atoms with Gasteiger partial charge >= 0.3 is 0 Å². The molecule has 0 bridgehead atoms. The quantitative estimate of drug-likeness (QED) is 0.573. The first-order valence-corrected chi connectivity index (χ1v) is 7.74. The number of ether oxygens (including phenoxy) is 2. The second-order valence-electron chi connectivity index (χ2n) is 4.24. The van der Waals surface area contributed by atoms with Crippen molar-refractivity contribution in [2.45, 2.75) is 32.8 Å². The van der Waals surface area contributed by atoms with Crippen molar-refractivity contribution >= 4 is 46.4 Å². The Kier molecular flexibility index (Phi) is 7.90. The molecule has 112 valence electrons. The molecule has 1 rings (SSSR count). The van der Waals surface area contributed by atoms with Crippen molar-refractivity contribution in [2.24, 2.45) is 0 Å². The second-order valence-corrected chi connectivity index (χ2v) is 6.06. The van der Waals surface area contributed by atoms with Gasteiger partial charge in [0.05, 0.1) is 16.1 Å². The molecule has 0 spiro atoms. The molecule has 0 aliphatic carbocycles. The smallest absolute Gasteiger partial charge is 0.157 e. The highest BCUT2D eigenvalue weighted by Gasteiger charge is 2.13. The molecule has 1 atom stereocenters. The molecule has 1 aromatic rings. The van der Waals surface area contributed by atoms with Crippen molar-refractivity contribution in [1.82, 2.24) is 0 Å². The molecule has 0 aliphatic heterocycles. The third kappa shape index (κ3) is 6.01. The van der Waals surface area contributed by atoms with E-state index in [1.165, 1.54) is 6.08 Å². The van der Waals surface area contributed by atoms with Crippen molar-refractivity contribution in [1.29, 1.82) is 0 Å². The van der Waals surface area contributed by atoms with E-state index < -0.39 is 0 Å². The van der Waals surface area contributed by atoms with Crippen molar-refractivity contribution in [3.05, 3.63) is 32.7 Å². The Bertz CT molecular complexity index is 447. The third-order valence-corrected chi connectivity index (χ3v) is 3.34. The fourth-order valence-corrected chi connectivity index (χ4v) is 2.28. The van der Waals surface area contributed by atoms with Crippen LogP contribution in [0.5, 0.6) is 11.5 Å². The summed E-state index contributed by atoms with van der Waals surface area (Å²) in [5.41, 5.74) is 0. The van der Waals surface area contributed by atoms with Crippen molar-refractivity contribution in [3.63, 3.8) is 0 Å². The summed E-state index contributed by atoms with van der Waals surface area (Å²) >= 11 is 23.3. The lowest BCUT2D eigenvalue weighted by Gasteiger charge is -2.17. The van der Waals surface area contributed by atoms with Gasteiger partial charge in [-0.1, -0.05) is 59.7 Å². The highest BCUT2D eigenvalue weighted by molar-refractivity contribution is 6.55. The summed E-state index contributed by atoms with van der Waals surface area (Å²) in [6, 6.07) is 3.30. The fourth-order valence-electron chi connectivity index (χ4n) is 1.60. The van der Waals surface area contributed by atoms with Crippen LogP contribution in [0.3, 0.4) is 0 Å². The first-order chi connectivity index (χ1) is 9.43. The van der Waals surface area contributed by atoms with E-state index in [0.29, 0.717) is 21.5 Å². The van der Waals surface area contributed by atoms with Gasteiger partial charge < -0.3 is 9.47 Å². The summed E-state index contributed by atoms with van der Waals surface area (Å²) in [6.07, 6.45) is 3.55. The third-order valence-electron chi connectivity index (χ3n) is 2.47. The van der Waals surface area contributed by atoms with Crippen LogP contribution in [0.15, 0.2) is 22.7 Å². The molecule has 0 saturated heterocycles. The Labute approximate surface area is 139 Å². The Balaban J connectivity index is 2.78. The van der Waals surface area contributed by atoms with E-state index >= 15 is 0 Å². The van der Waals surface area contributed by atoms with E-state index in [2.05, 4.69) is 6.92 Å². The maximum atomic E-state index is 6.16. The highest BCUT2D eigenvalue weighted by atomic mass is 35.5. The Morgan fingerprint density at radius 3 is 2.35 bits per heavy atom. The molecule has 6 heteroatoms. The van der Waals surface area contributed by atoms with Gasteiger partial charge in [0.25, 0.3) is 0 Å². The molecule has 0 aromatic heterocycles. The minimum atomic E-state index is 0.0553. The maximum Gasteiger partial charge on any atom is 0.157 e. The van der Waals surface area contributed by atoms with Crippen LogP contribution in [-0.2, 0) is 0 Å². The van der Waals surface area contributed by atoms with Gasteiger partial charge in [0.2, 0.25) is 0 Å². The maximum absolute atomic E-state index is 6.16. The summed E-state index contributed by atoms with van der Waals surface area (Å²) in [5, 5.41) is 0.827. The molecule has 20 heavy (non-hydrogen) atoms. The van der Waals surface area contributed by atoms with Gasteiger partial charge in [-0.05, 0) is 19.4 Å². The van der Waals surface area contributed by atoms with Gasteiger partial charge in [0, 0.05) is 12.1 Å². The zero-order valence-electron chi connectivity index (χ0n) is 11.3. The molecule has 0 aliphatic rings. The van der Waals surface area contributed by atoms with Crippen LogP contribution in [-0.4, -0.2) is 12.7 Å². The van der Waals surface area contributed by atoms with Gasteiger partial charge in [0.1, 0.15) is 16.8 Å². The molecule has 0 amide bonds. The summed E-state index contributed by atoms with van der Waals surface area (Å²) in [6.45, 7) is 4.31. The Morgan fingerprint density at radius 1 is 1.25 bits per heavy atom. The largest absolute Gasteiger partial charge is 0.489 e. The van der Waals surface area contributed by atoms with Gasteiger partial charge in [-0.15, -0.1) is 0 Å². The normalized spacial score (nSPS) is 11.9. The van der Waals surface area contributed by atoms with E-state index in [9.17, 15) is 0 Å². The molecule has 0 fully saturated rings. The van der Waals surface area contributed by atoms with Crippen LogP contribution in [0, 0.1) is 0 Å². The topological polar surface area (TPSA) is 18.5 Å². The summed E-state index contributed by atoms with van der Waals surface area (Å²) in [4.78, 5) is 0. The molecular weight excluding hydrogens is 342 g/mol. The lowest BCUT2D eigenvalue weighted by Crippen LogP contribution is -2.11. The van der Waals surface area contributed by atoms with Crippen molar-refractivity contribution in [3.8, 4) is 11.5 Å². The summed E-state index contributed by atoms with van der Waals surface area (Å²) in [7, 11) is 0. The standard InChI is InChI=1S/C14H16Cl4O2/c1-3-4-9(2)20-14-11(15)7-10(8-12(14)16)19-6-5-13(17)18/h5,7-9H,3-4,6H2,1-2H3. The van der Waals surface area contributed by atoms with Crippen molar-refractivity contribution in [2.75, 3.05) is 6.61 Å². The van der Waals surface area contributed by atoms with Crippen LogP contribution in [0.4, 0.5) is 0 Å². The first kappa shape index (κ1) is 17.8. The Hall–Kier alpha value is -0.280. The average Bonchev–Trinajstić information content (AvgIpc) is 2.34. The minimum Gasteiger partial charge on any atom is -0.489 e. The predicted octanol–water partition coefficient (Wildman–Crippen LogP) is 6.26. The van der Waals surface area contributed by atoms with E-state index in [0.717, 1.165) is 12.8 Å². The van der Waals surface area contributed by atoms with Gasteiger partial charge in [-0.25, -0.2) is 0 Å². The van der Waals surface area contributed by atoms with E-state index in [1.807, 2.05) is 6.92 Å². The molecule has 1 unspecified atom stereocenters. The molecule has 0 saturated carbocycles. The van der Waals surface area contributed by atoms with E-state index in [-0.39, 0.29) is 17.2 Å². The number of hydrogen-bond donors (Lipinski definition) is 0. The van der Waals surface area contributed by atoms with Gasteiger partial charge in [-0.3, -0.25) is 0 Å². The van der Waals surface area contributed by atoms with Crippen LogP contribution in [0.2, 0.25) is 10.0 Å². The zero-order chi connectivity index (χ0) is 15.1. The lowest BCUT2D eigenvalue weighted by atomic mass is 10.2. The van der Waals surface area contributed by atoms with Crippen LogP contribution >= 0.6 is 46.4 Å². The SMILES string of the molecule is CCCC(C)Oc1c(Cl)cc(OCC=C(Cl)Cl)cc1Cl. The lowest BCUT2D eigenvalue weighted by molar-refractivity contribution is 0.210. The average molecular weight is 358 g/mol. The molecule has 0 radical (unpaired) electrons. The fraction of sp³-hybridized carbons (Fsp3) is 0.429. The minimum absolute atomic E-state index is 0.0553. The summed E-state index contributed by atoms with van der Waals surface area (Å²) < 4.78 is 11.3. The van der Waals surface area contributed by atoms with E-state index in [1.54, 1.807) is 12.1 Å². The van der Waals surface area contributed by atoms with Crippen LogP contribution in [0.25, 0.3) is 0 Å². The molecular formula is C14H16Cl4O2. The molecule has 2 nitrogen and oxygen atoms in total. The predicted molar refractivity (Wildman–Crippen MR) is 86.7 cm³/mol. The molecule has 1 aromatic carbocycles. The number of rotatable bonds is 7. The zero-order valence-corrected chi connectivity index (χ0v) is 14.3. The van der Waals surface area contributed by atoms with Crippen LogP contribution < -0.4 is 9.47 Å².